The summed E-state index contributed by atoms with van der Waals surface area (Å²) in [5.74, 6) is 0.583. The first-order valence-corrected chi connectivity index (χ1v) is 3.80. The van der Waals surface area contributed by atoms with Crippen molar-refractivity contribution >= 4 is 5.84 Å². The van der Waals surface area contributed by atoms with Gasteiger partial charge in [-0.05, 0) is 25.3 Å². The quantitative estimate of drug-likeness (QED) is 0.433. The van der Waals surface area contributed by atoms with Crippen LogP contribution in [0.15, 0.2) is 12.7 Å². The van der Waals surface area contributed by atoms with Crippen molar-refractivity contribution in [1.82, 2.24) is 4.90 Å². The van der Waals surface area contributed by atoms with Gasteiger partial charge in [0.2, 0.25) is 0 Å². The Morgan fingerprint density at radius 1 is 1.30 bits per heavy atom. The van der Waals surface area contributed by atoms with Crippen LogP contribution in [-0.2, 0) is 0 Å². The molecule has 0 amide bonds. The smallest absolute Gasteiger partial charge is 0.119 e. The van der Waals surface area contributed by atoms with Crippen molar-refractivity contribution in [2.45, 2.75) is 19.3 Å². The molecule has 0 radical (unpaired) electrons. The van der Waals surface area contributed by atoms with Crippen molar-refractivity contribution in [3.8, 4) is 0 Å². The molecule has 1 heterocycles. The highest BCUT2D eigenvalue weighted by Gasteiger charge is 2.09. The Hall–Kier alpha value is -0.790. The van der Waals surface area contributed by atoms with Crippen molar-refractivity contribution in [1.29, 1.82) is 5.41 Å². The third kappa shape index (κ3) is 1.59. The molecule has 0 aromatic rings. The molecule has 0 saturated carbocycles. The average molecular weight is 138 g/mol. The van der Waals surface area contributed by atoms with Crippen LogP contribution in [-0.4, -0.2) is 23.8 Å². The number of hydrogen-bond donors (Lipinski definition) is 1. The molecule has 0 aromatic heterocycles. The van der Waals surface area contributed by atoms with E-state index >= 15 is 0 Å². The fourth-order valence-corrected chi connectivity index (χ4v) is 1.26. The van der Waals surface area contributed by atoms with Crippen LogP contribution in [0.25, 0.3) is 0 Å². The van der Waals surface area contributed by atoms with Gasteiger partial charge in [-0.2, -0.15) is 0 Å². The summed E-state index contributed by atoms with van der Waals surface area (Å²) in [5.41, 5.74) is 0. The lowest BCUT2D eigenvalue weighted by Crippen LogP contribution is -2.33. The van der Waals surface area contributed by atoms with E-state index in [4.69, 9.17) is 5.41 Å². The minimum Gasteiger partial charge on any atom is -0.357 e. The van der Waals surface area contributed by atoms with Crippen LogP contribution in [0, 0.1) is 5.41 Å². The van der Waals surface area contributed by atoms with Crippen LogP contribution in [0.5, 0.6) is 0 Å². The second-order valence-corrected chi connectivity index (χ2v) is 2.64. The molecule has 0 aromatic carbocycles. The van der Waals surface area contributed by atoms with Crippen molar-refractivity contribution in [2.24, 2.45) is 0 Å². The predicted octanol–water partition coefficient (Wildman–Crippen LogP) is 1.64. The number of likely N-dealkylation sites (tertiary alicyclic amines) is 1. The normalized spacial score (nSPS) is 18.6. The fraction of sp³-hybridized carbons (Fsp3) is 0.625. The van der Waals surface area contributed by atoms with Gasteiger partial charge in [0.15, 0.2) is 0 Å². The largest absolute Gasteiger partial charge is 0.357 e. The van der Waals surface area contributed by atoms with E-state index in [1.165, 1.54) is 19.3 Å². The molecule has 1 fully saturated rings. The highest BCUT2D eigenvalue weighted by atomic mass is 15.2. The van der Waals surface area contributed by atoms with E-state index in [0.717, 1.165) is 13.1 Å². The molecule has 56 valence electrons. The first-order chi connectivity index (χ1) is 4.84. The first kappa shape index (κ1) is 7.32. The summed E-state index contributed by atoms with van der Waals surface area (Å²) in [6, 6.07) is 0. The zero-order valence-corrected chi connectivity index (χ0v) is 6.27. The molecule has 1 saturated heterocycles. The second-order valence-electron chi connectivity index (χ2n) is 2.64. The number of hydrogen-bond acceptors (Lipinski definition) is 1. The lowest BCUT2D eigenvalue weighted by molar-refractivity contribution is 0.342. The van der Waals surface area contributed by atoms with E-state index in [-0.39, 0.29) is 0 Å². The molecule has 0 atom stereocenters. The zero-order chi connectivity index (χ0) is 7.40. The minimum atomic E-state index is 0.583. The fourth-order valence-electron chi connectivity index (χ4n) is 1.26. The molecule has 0 unspecified atom stereocenters. The molecule has 0 bridgehead atoms. The Balaban J connectivity index is 2.38. The van der Waals surface area contributed by atoms with Gasteiger partial charge in [-0.25, -0.2) is 0 Å². The maximum absolute atomic E-state index is 7.44. The summed E-state index contributed by atoms with van der Waals surface area (Å²) in [6.07, 6.45) is 5.40. The molecule has 10 heavy (non-hydrogen) atoms. The standard InChI is InChI=1S/C8H14N2/c1-2-8(9)10-6-4-3-5-7-10/h2,9H,1,3-7H2. The Bertz CT molecular complexity index is 134. The van der Waals surface area contributed by atoms with Gasteiger partial charge in [-0.3, -0.25) is 5.41 Å². The van der Waals surface area contributed by atoms with Crippen LogP contribution >= 0.6 is 0 Å². The molecule has 0 aliphatic carbocycles. The molecule has 0 spiro atoms. The Labute approximate surface area is 62.0 Å². The van der Waals surface area contributed by atoms with Gasteiger partial charge in [-0.15, -0.1) is 0 Å². The Kier molecular flexibility index (Phi) is 2.49. The highest BCUT2D eigenvalue weighted by Crippen LogP contribution is 2.08. The summed E-state index contributed by atoms with van der Waals surface area (Å²) in [7, 11) is 0. The Morgan fingerprint density at radius 2 is 1.90 bits per heavy atom. The van der Waals surface area contributed by atoms with Gasteiger partial charge in [0.1, 0.15) is 5.84 Å². The van der Waals surface area contributed by atoms with E-state index in [1.54, 1.807) is 6.08 Å². The van der Waals surface area contributed by atoms with E-state index in [9.17, 15) is 0 Å². The number of nitrogens with zero attached hydrogens (tertiary/aromatic N) is 1. The SMILES string of the molecule is C=CC(=N)N1CCCCC1. The van der Waals surface area contributed by atoms with Crippen LogP contribution in [0.4, 0.5) is 0 Å². The molecular formula is C8H14N2. The molecule has 2 nitrogen and oxygen atoms in total. The van der Waals surface area contributed by atoms with Crippen LogP contribution in [0.1, 0.15) is 19.3 Å². The molecule has 2 heteroatoms. The van der Waals surface area contributed by atoms with Crippen molar-refractivity contribution in [3.05, 3.63) is 12.7 Å². The monoisotopic (exact) mass is 138 g/mol. The molecule has 1 rings (SSSR count). The number of amidine groups is 1. The number of rotatable bonds is 1. The molecule has 1 aliphatic rings. The van der Waals surface area contributed by atoms with E-state index in [0.29, 0.717) is 5.84 Å². The maximum atomic E-state index is 7.44. The van der Waals surface area contributed by atoms with Gasteiger partial charge in [0.05, 0.1) is 0 Å². The zero-order valence-electron chi connectivity index (χ0n) is 6.27. The lowest BCUT2D eigenvalue weighted by atomic mass is 10.1. The van der Waals surface area contributed by atoms with Crippen molar-refractivity contribution < 1.29 is 0 Å². The summed E-state index contributed by atoms with van der Waals surface area (Å²) in [6.45, 7) is 5.66. The van der Waals surface area contributed by atoms with Gasteiger partial charge in [0, 0.05) is 13.1 Å². The second kappa shape index (κ2) is 3.40. The van der Waals surface area contributed by atoms with Crippen LogP contribution < -0.4 is 0 Å². The van der Waals surface area contributed by atoms with E-state index < -0.39 is 0 Å². The van der Waals surface area contributed by atoms with Gasteiger partial charge in [0.25, 0.3) is 0 Å². The summed E-state index contributed by atoms with van der Waals surface area (Å²) in [5, 5.41) is 7.44. The molecule has 1 aliphatic heterocycles. The molecule has 1 N–H and O–H groups in total. The van der Waals surface area contributed by atoms with Crippen LogP contribution in [0.3, 0.4) is 0 Å². The number of nitrogens with one attached hydrogen (secondary N) is 1. The van der Waals surface area contributed by atoms with Crippen molar-refractivity contribution in [3.63, 3.8) is 0 Å². The molecular weight excluding hydrogens is 124 g/mol. The summed E-state index contributed by atoms with van der Waals surface area (Å²) < 4.78 is 0. The average Bonchev–Trinajstić information content (AvgIpc) is 2.05. The summed E-state index contributed by atoms with van der Waals surface area (Å²) >= 11 is 0. The lowest BCUT2D eigenvalue weighted by Gasteiger charge is -2.27. The van der Waals surface area contributed by atoms with Gasteiger partial charge >= 0.3 is 0 Å². The topological polar surface area (TPSA) is 27.1 Å². The Morgan fingerprint density at radius 3 is 2.40 bits per heavy atom. The highest BCUT2D eigenvalue weighted by molar-refractivity contribution is 5.89. The maximum Gasteiger partial charge on any atom is 0.119 e. The third-order valence-corrected chi connectivity index (χ3v) is 1.89. The minimum absolute atomic E-state index is 0.583. The van der Waals surface area contributed by atoms with Crippen LogP contribution in [0.2, 0.25) is 0 Å². The van der Waals surface area contributed by atoms with E-state index in [1.807, 2.05) is 0 Å². The van der Waals surface area contributed by atoms with Gasteiger partial charge < -0.3 is 4.90 Å². The van der Waals surface area contributed by atoms with E-state index in [2.05, 4.69) is 11.5 Å². The summed E-state index contributed by atoms with van der Waals surface area (Å²) in [4.78, 5) is 2.08. The number of piperidine rings is 1. The van der Waals surface area contributed by atoms with Crippen molar-refractivity contribution in [2.75, 3.05) is 13.1 Å². The third-order valence-electron chi connectivity index (χ3n) is 1.89. The van der Waals surface area contributed by atoms with Gasteiger partial charge in [-0.1, -0.05) is 6.58 Å². The first-order valence-electron chi connectivity index (χ1n) is 3.80. The predicted molar refractivity (Wildman–Crippen MR) is 43.3 cm³/mol.